The highest BCUT2D eigenvalue weighted by molar-refractivity contribution is 5.90. The second-order valence-electron chi connectivity index (χ2n) is 6.03. The van der Waals surface area contributed by atoms with Gasteiger partial charge >= 0.3 is 0 Å². The van der Waals surface area contributed by atoms with Gasteiger partial charge in [0.15, 0.2) is 0 Å². The van der Waals surface area contributed by atoms with Crippen molar-refractivity contribution < 1.29 is 4.79 Å². The number of amides is 1. The SMILES string of the molecule is C[C@H](c1ccccc1)N1CCC(C)(c2ccccc2)C1=O. The van der Waals surface area contributed by atoms with Crippen molar-refractivity contribution in [3.8, 4) is 0 Å². The number of rotatable bonds is 3. The molecule has 108 valence electrons. The summed E-state index contributed by atoms with van der Waals surface area (Å²) in [6, 6.07) is 20.5. The molecule has 1 aliphatic rings. The quantitative estimate of drug-likeness (QED) is 0.833. The Morgan fingerprint density at radius 2 is 1.57 bits per heavy atom. The molecule has 2 aromatic carbocycles. The summed E-state index contributed by atoms with van der Waals surface area (Å²) < 4.78 is 0. The predicted octanol–water partition coefficient (Wildman–Crippen LogP) is 3.94. The molecular weight excluding hydrogens is 258 g/mol. The molecule has 2 atom stereocenters. The summed E-state index contributed by atoms with van der Waals surface area (Å²) in [7, 11) is 0. The molecule has 0 N–H and O–H groups in total. The van der Waals surface area contributed by atoms with Crippen LogP contribution in [0.5, 0.6) is 0 Å². The first-order chi connectivity index (χ1) is 10.1. The highest BCUT2D eigenvalue weighted by Gasteiger charge is 2.45. The molecule has 0 saturated carbocycles. The Bertz CT molecular complexity index is 623. The summed E-state index contributed by atoms with van der Waals surface area (Å²) in [5, 5.41) is 0. The van der Waals surface area contributed by atoms with Crippen molar-refractivity contribution >= 4 is 5.91 Å². The number of carbonyl (C=O) groups excluding carboxylic acids is 1. The van der Waals surface area contributed by atoms with Gasteiger partial charge in [-0.2, -0.15) is 0 Å². The molecule has 1 heterocycles. The first kappa shape index (κ1) is 13.9. The zero-order chi connectivity index (χ0) is 14.9. The normalized spacial score (nSPS) is 23.3. The fourth-order valence-electron chi connectivity index (χ4n) is 3.22. The van der Waals surface area contributed by atoms with E-state index in [0.29, 0.717) is 0 Å². The molecule has 0 aromatic heterocycles. The predicted molar refractivity (Wildman–Crippen MR) is 85.0 cm³/mol. The van der Waals surface area contributed by atoms with E-state index in [-0.39, 0.29) is 17.4 Å². The molecule has 1 unspecified atom stereocenters. The van der Waals surface area contributed by atoms with Crippen LogP contribution in [-0.2, 0) is 10.2 Å². The zero-order valence-corrected chi connectivity index (χ0v) is 12.6. The van der Waals surface area contributed by atoms with Gasteiger partial charge < -0.3 is 4.90 Å². The second kappa shape index (κ2) is 5.36. The van der Waals surface area contributed by atoms with E-state index >= 15 is 0 Å². The lowest BCUT2D eigenvalue weighted by molar-refractivity contribution is -0.133. The average molecular weight is 279 g/mol. The number of carbonyl (C=O) groups is 1. The van der Waals surface area contributed by atoms with Gasteiger partial charge in [0, 0.05) is 6.54 Å². The van der Waals surface area contributed by atoms with E-state index in [1.807, 2.05) is 41.3 Å². The van der Waals surface area contributed by atoms with E-state index in [2.05, 4.69) is 38.1 Å². The highest BCUT2D eigenvalue weighted by Crippen LogP contribution is 2.39. The van der Waals surface area contributed by atoms with E-state index in [1.165, 1.54) is 5.56 Å². The average Bonchev–Trinajstić information content (AvgIpc) is 2.85. The van der Waals surface area contributed by atoms with Crippen LogP contribution in [0.25, 0.3) is 0 Å². The Balaban J connectivity index is 1.87. The summed E-state index contributed by atoms with van der Waals surface area (Å²) >= 11 is 0. The molecule has 0 aliphatic carbocycles. The number of likely N-dealkylation sites (tertiary alicyclic amines) is 1. The first-order valence-electron chi connectivity index (χ1n) is 7.54. The van der Waals surface area contributed by atoms with Crippen molar-refractivity contribution in [3.05, 3.63) is 71.8 Å². The lowest BCUT2D eigenvalue weighted by Gasteiger charge is -2.28. The zero-order valence-electron chi connectivity index (χ0n) is 12.6. The Morgan fingerprint density at radius 3 is 2.19 bits per heavy atom. The monoisotopic (exact) mass is 279 g/mol. The Labute approximate surface area is 126 Å². The minimum atomic E-state index is -0.385. The van der Waals surface area contributed by atoms with Gasteiger partial charge in [0.05, 0.1) is 11.5 Å². The van der Waals surface area contributed by atoms with Crippen LogP contribution in [0, 0.1) is 0 Å². The molecule has 21 heavy (non-hydrogen) atoms. The van der Waals surface area contributed by atoms with Crippen LogP contribution in [0.4, 0.5) is 0 Å². The maximum Gasteiger partial charge on any atom is 0.233 e. The maximum absolute atomic E-state index is 13.0. The van der Waals surface area contributed by atoms with Crippen LogP contribution in [0.2, 0.25) is 0 Å². The fourth-order valence-corrected chi connectivity index (χ4v) is 3.22. The molecule has 0 radical (unpaired) electrons. The topological polar surface area (TPSA) is 20.3 Å². The van der Waals surface area contributed by atoms with Crippen LogP contribution in [0.15, 0.2) is 60.7 Å². The van der Waals surface area contributed by atoms with Crippen molar-refractivity contribution in [2.24, 2.45) is 0 Å². The molecular formula is C19H21NO. The lowest BCUT2D eigenvalue weighted by Crippen LogP contribution is -2.37. The van der Waals surface area contributed by atoms with Gasteiger partial charge in [-0.05, 0) is 31.4 Å². The molecule has 2 heteroatoms. The minimum Gasteiger partial charge on any atom is -0.335 e. The first-order valence-corrected chi connectivity index (χ1v) is 7.54. The fraction of sp³-hybridized carbons (Fsp3) is 0.316. The van der Waals surface area contributed by atoms with Crippen LogP contribution in [0.1, 0.15) is 37.4 Å². The van der Waals surface area contributed by atoms with Gasteiger partial charge in [-0.25, -0.2) is 0 Å². The van der Waals surface area contributed by atoms with Gasteiger partial charge in [0.2, 0.25) is 5.91 Å². The molecule has 1 saturated heterocycles. The van der Waals surface area contributed by atoms with Gasteiger partial charge in [0.1, 0.15) is 0 Å². The summed E-state index contributed by atoms with van der Waals surface area (Å²) in [5.41, 5.74) is 1.94. The van der Waals surface area contributed by atoms with Gasteiger partial charge in [0.25, 0.3) is 0 Å². The molecule has 2 aromatic rings. The van der Waals surface area contributed by atoms with Crippen molar-refractivity contribution in [2.45, 2.75) is 31.7 Å². The lowest BCUT2D eigenvalue weighted by atomic mass is 9.81. The standard InChI is InChI=1S/C19H21NO/c1-15(16-9-5-3-6-10-16)20-14-13-19(2,18(20)21)17-11-7-4-8-12-17/h3-12,15H,13-14H2,1-2H3/t15-,19?/m1/s1. The molecule has 0 bridgehead atoms. The number of hydrogen-bond acceptors (Lipinski definition) is 1. The summed E-state index contributed by atoms with van der Waals surface area (Å²) in [5.74, 6) is 0.241. The molecule has 3 rings (SSSR count). The maximum atomic E-state index is 13.0. The van der Waals surface area contributed by atoms with Gasteiger partial charge in [-0.1, -0.05) is 60.7 Å². The minimum absolute atomic E-state index is 0.129. The molecule has 1 fully saturated rings. The van der Waals surface area contributed by atoms with Crippen LogP contribution < -0.4 is 0 Å². The van der Waals surface area contributed by atoms with Gasteiger partial charge in [-0.15, -0.1) is 0 Å². The molecule has 1 aliphatic heterocycles. The van der Waals surface area contributed by atoms with E-state index in [1.54, 1.807) is 0 Å². The van der Waals surface area contributed by atoms with Crippen LogP contribution >= 0.6 is 0 Å². The highest BCUT2D eigenvalue weighted by atomic mass is 16.2. The van der Waals surface area contributed by atoms with Crippen molar-refractivity contribution in [1.29, 1.82) is 0 Å². The van der Waals surface area contributed by atoms with Crippen molar-refractivity contribution in [1.82, 2.24) is 4.90 Å². The van der Waals surface area contributed by atoms with E-state index in [9.17, 15) is 4.79 Å². The Hall–Kier alpha value is -2.09. The second-order valence-corrected chi connectivity index (χ2v) is 6.03. The van der Waals surface area contributed by atoms with Crippen molar-refractivity contribution in [2.75, 3.05) is 6.54 Å². The third-order valence-corrected chi connectivity index (χ3v) is 4.75. The number of hydrogen-bond donors (Lipinski definition) is 0. The number of benzene rings is 2. The summed E-state index contributed by atoms with van der Waals surface area (Å²) in [4.78, 5) is 15.0. The summed E-state index contributed by atoms with van der Waals surface area (Å²) in [6.45, 7) is 5.01. The van der Waals surface area contributed by atoms with Gasteiger partial charge in [-0.3, -0.25) is 4.79 Å². The third kappa shape index (κ3) is 2.35. The largest absolute Gasteiger partial charge is 0.335 e. The van der Waals surface area contributed by atoms with E-state index < -0.39 is 0 Å². The molecule has 2 nitrogen and oxygen atoms in total. The third-order valence-electron chi connectivity index (χ3n) is 4.75. The number of nitrogens with zero attached hydrogens (tertiary/aromatic N) is 1. The van der Waals surface area contributed by atoms with Crippen LogP contribution in [0.3, 0.4) is 0 Å². The smallest absolute Gasteiger partial charge is 0.233 e. The Kier molecular flexibility index (Phi) is 3.54. The van der Waals surface area contributed by atoms with Crippen molar-refractivity contribution in [3.63, 3.8) is 0 Å². The Morgan fingerprint density at radius 1 is 1.00 bits per heavy atom. The molecule has 1 amide bonds. The van der Waals surface area contributed by atoms with E-state index in [0.717, 1.165) is 18.5 Å². The summed E-state index contributed by atoms with van der Waals surface area (Å²) in [6.07, 6.45) is 0.882. The molecule has 0 spiro atoms. The van der Waals surface area contributed by atoms with E-state index in [4.69, 9.17) is 0 Å². The van der Waals surface area contributed by atoms with Crippen LogP contribution in [-0.4, -0.2) is 17.4 Å².